The predicted molar refractivity (Wildman–Crippen MR) is 49.3 cm³/mol. The highest BCUT2D eigenvalue weighted by molar-refractivity contribution is 7.80. The van der Waals surface area contributed by atoms with Gasteiger partial charge in [0.25, 0.3) is 0 Å². The third-order valence-electron chi connectivity index (χ3n) is 1.09. The van der Waals surface area contributed by atoms with Crippen molar-refractivity contribution in [3.05, 3.63) is 0 Å². The Balaban J connectivity index is 0. The fourth-order valence-corrected chi connectivity index (χ4v) is 0. The lowest BCUT2D eigenvalue weighted by molar-refractivity contribution is 0.886. The topological polar surface area (TPSA) is 0 Å². The van der Waals surface area contributed by atoms with Crippen molar-refractivity contribution in [2.45, 2.75) is 52.2 Å². The van der Waals surface area contributed by atoms with E-state index in [0.717, 1.165) is 0 Å². The van der Waals surface area contributed by atoms with E-state index in [2.05, 4.69) is 40.3 Å². The SMILES string of the molecule is CCC(C)S.CCCC. The highest BCUT2D eigenvalue weighted by Crippen LogP contribution is 1.94. The summed E-state index contributed by atoms with van der Waals surface area (Å²) in [4.78, 5) is 0. The van der Waals surface area contributed by atoms with Gasteiger partial charge in [-0.1, -0.05) is 40.5 Å². The molecule has 1 atom stereocenters. The van der Waals surface area contributed by atoms with Gasteiger partial charge in [-0.3, -0.25) is 0 Å². The first-order chi connectivity index (χ1) is 4.18. The standard InChI is InChI=1S/C4H10S.C4H10/c1-3-4(2)5;1-3-4-2/h4-5H,3H2,1-2H3;3-4H2,1-2H3. The van der Waals surface area contributed by atoms with Crippen LogP contribution in [-0.2, 0) is 0 Å². The molecule has 0 aliphatic rings. The molecule has 0 amide bonds. The number of thiol groups is 1. The molecule has 0 N–H and O–H groups in total. The summed E-state index contributed by atoms with van der Waals surface area (Å²) >= 11 is 4.10. The molecule has 0 aromatic heterocycles. The molecule has 0 saturated carbocycles. The molecule has 0 aromatic carbocycles. The third kappa shape index (κ3) is 30.0. The van der Waals surface area contributed by atoms with Crippen molar-refractivity contribution < 1.29 is 0 Å². The second kappa shape index (κ2) is 11.2. The Bertz CT molecular complexity index is 31.5. The molecule has 1 heteroatoms. The van der Waals surface area contributed by atoms with Gasteiger partial charge < -0.3 is 0 Å². The summed E-state index contributed by atoms with van der Waals surface area (Å²) in [7, 11) is 0. The van der Waals surface area contributed by atoms with Crippen LogP contribution in [0.15, 0.2) is 0 Å². The molecule has 0 spiro atoms. The summed E-state index contributed by atoms with van der Waals surface area (Å²) in [5.41, 5.74) is 0. The van der Waals surface area contributed by atoms with Gasteiger partial charge in [0.05, 0.1) is 0 Å². The van der Waals surface area contributed by atoms with E-state index in [0.29, 0.717) is 5.25 Å². The molecular weight excluding hydrogens is 128 g/mol. The van der Waals surface area contributed by atoms with E-state index in [1.54, 1.807) is 0 Å². The van der Waals surface area contributed by atoms with Crippen LogP contribution < -0.4 is 0 Å². The Morgan fingerprint density at radius 2 is 1.33 bits per heavy atom. The van der Waals surface area contributed by atoms with E-state index < -0.39 is 0 Å². The van der Waals surface area contributed by atoms with Gasteiger partial charge in [0.15, 0.2) is 0 Å². The van der Waals surface area contributed by atoms with Gasteiger partial charge in [-0.2, -0.15) is 12.6 Å². The van der Waals surface area contributed by atoms with Gasteiger partial charge in [0, 0.05) is 0 Å². The van der Waals surface area contributed by atoms with Crippen LogP contribution in [0.1, 0.15) is 47.0 Å². The minimum atomic E-state index is 0.579. The number of unbranched alkanes of at least 4 members (excludes halogenated alkanes) is 1. The maximum atomic E-state index is 4.10. The first kappa shape index (κ1) is 12.1. The van der Waals surface area contributed by atoms with Crippen LogP contribution in [0.4, 0.5) is 0 Å². The minimum Gasteiger partial charge on any atom is -0.176 e. The largest absolute Gasteiger partial charge is 0.176 e. The lowest BCUT2D eigenvalue weighted by Crippen LogP contribution is -1.81. The molecule has 0 fully saturated rings. The molecule has 1 unspecified atom stereocenters. The van der Waals surface area contributed by atoms with Gasteiger partial charge in [0.1, 0.15) is 0 Å². The van der Waals surface area contributed by atoms with Crippen LogP contribution in [0.3, 0.4) is 0 Å². The zero-order valence-electron chi connectivity index (χ0n) is 7.15. The summed E-state index contributed by atoms with van der Waals surface area (Å²) in [6.45, 7) is 8.57. The van der Waals surface area contributed by atoms with Crippen molar-refractivity contribution in [2.24, 2.45) is 0 Å². The van der Waals surface area contributed by atoms with Crippen molar-refractivity contribution in [3.63, 3.8) is 0 Å². The van der Waals surface area contributed by atoms with Crippen LogP contribution in [0.2, 0.25) is 0 Å². The minimum absolute atomic E-state index is 0.579. The Morgan fingerprint density at radius 3 is 1.33 bits per heavy atom. The first-order valence-corrected chi connectivity index (χ1v) is 4.38. The fourth-order valence-electron chi connectivity index (χ4n) is 0. The van der Waals surface area contributed by atoms with E-state index >= 15 is 0 Å². The molecule has 0 radical (unpaired) electrons. The number of rotatable bonds is 2. The van der Waals surface area contributed by atoms with E-state index in [-0.39, 0.29) is 0 Å². The Hall–Kier alpha value is 0.350. The summed E-state index contributed by atoms with van der Waals surface area (Å²) in [6.07, 6.45) is 3.81. The molecular formula is C8H20S. The summed E-state index contributed by atoms with van der Waals surface area (Å²) < 4.78 is 0. The third-order valence-corrected chi connectivity index (χ3v) is 1.46. The molecule has 0 saturated heterocycles. The van der Waals surface area contributed by atoms with Crippen LogP contribution in [0.5, 0.6) is 0 Å². The molecule has 58 valence electrons. The van der Waals surface area contributed by atoms with Crippen molar-refractivity contribution >= 4 is 12.6 Å². The molecule has 0 bridgehead atoms. The average molecular weight is 148 g/mol. The molecule has 0 nitrogen and oxygen atoms in total. The second-order valence-corrected chi connectivity index (χ2v) is 3.14. The predicted octanol–water partition coefficient (Wildman–Crippen LogP) is 3.52. The zero-order chi connectivity index (χ0) is 7.70. The number of hydrogen-bond acceptors (Lipinski definition) is 1. The summed E-state index contributed by atoms with van der Waals surface area (Å²) in [5.74, 6) is 0. The number of hydrogen-bond donors (Lipinski definition) is 1. The van der Waals surface area contributed by atoms with Gasteiger partial charge in [-0.25, -0.2) is 0 Å². The fraction of sp³-hybridized carbons (Fsp3) is 1.00. The van der Waals surface area contributed by atoms with Crippen LogP contribution >= 0.6 is 12.6 Å². The van der Waals surface area contributed by atoms with Gasteiger partial charge in [0.2, 0.25) is 0 Å². The average Bonchev–Trinajstić information content (AvgIpc) is 1.89. The van der Waals surface area contributed by atoms with Crippen molar-refractivity contribution in [3.8, 4) is 0 Å². The lowest BCUT2D eigenvalue weighted by atomic mass is 10.4. The van der Waals surface area contributed by atoms with Crippen LogP contribution in [-0.4, -0.2) is 5.25 Å². The first-order valence-electron chi connectivity index (χ1n) is 3.87. The maximum absolute atomic E-state index is 4.10. The van der Waals surface area contributed by atoms with Crippen LogP contribution in [0.25, 0.3) is 0 Å². The van der Waals surface area contributed by atoms with Crippen molar-refractivity contribution in [1.82, 2.24) is 0 Å². The lowest BCUT2D eigenvalue weighted by Gasteiger charge is -1.89. The molecule has 0 aliphatic heterocycles. The zero-order valence-corrected chi connectivity index (χ0v) is 8.04. The van der Waals surface area contributed by atoms with Gasteiger partial charge in [-0.15, -0.1) is 0 Å². The van der Waals surface area contributed by atoms with Gasteiger partial charge in [-0.05, 0) is 11.7 Å². The van der Waals surface area contributed by atoms with E-state index in [9.17, 15) is 0 Å². The normalized spacial score (nSPS) is 11.7. The van der Waals surface area contributed by atoms with E-state index in [4.69, 9.17) is 0 Å². The van der Waals surface area contributed by atoms with Crippen molar-refractivity contribution in [1.29, 1.82) is 0 Å². The van der Waals surface area contributed by atoms with E-state index in [1.807, 2.05) is 0 Å². The summed E-state index contributed by atoms with van der Waals surface area (Å²) in [6, 6.07) is 0. The highest BCUT2D eigenvalue weighted by atomic mass is 32.1. The summed E-state index contributed by atoms with van der Waals surface area (Å²) in [5, 5.41) is 0.579. The molecule has 0 rings (SSSR count). The molecule has 0 heterocycles. The Labute approximate surface area is 65.5 Å². The van der Waals surface area contributed by atoms with Crippen molar-refractivity contribution in [2.75, 3.05) is 0 Å². The quantitative estimate of drug-likeness (QED) is 0.569. The molecule has 0 aromatic rings. The second-order valence-electron chi connectivity index (χ2n) is 2.26. The van der Waals surface area contributed by atoms with E-state index in [1.165, 1.54) is 19.3 Å². The smallest absolute Gasteiger partial charge is 0.00142 e. The monoisotopic (exact) mass is 148 g/mol. The molecule has 9 heavy (non-hydrogen) atoms. The maximum Gasteiger partial charge on any atom is -0.00142 e. The van der Waals surface area contributed by atoms with Crippen LogP contribution in [0, 0.1) is 0 Å². The Kier molecular flexibility index (Phi) is 15.0. The highest BCUT2D eigenvalue weighted by Gasteiger charge is 1.81. The van der Waals surface area contributed by atoms with Gasteiger partial charge >= 0.3 is 0 Å². The Morgan fingerprint density at radius 1 is 1.11 bits per heavy atom. The molecule has 0 aliphatic carbocycles.